The first-order valence-corrected chi connectivity index (χ1v) is 8.03. The Labute approximate surface area is 116 Å². The summed E-state index contributed by atoms with van der Waals surface area (Å²) in [5.74, 6) is 0. The van der Waals surface area contributed by atoms with E-state index in [2.05, 4.69) is 46.7 Å². The molecule has 0 amide bonds. The maximum absolute atomic E-state index is 2.55. The zero-order valence-corrected chi connectivity index (χ0v) is 13.0. The minimum absolute atomic E-state index is 1.11. The Bertz CT molecular complexity index is 333. The van der Waals surface area contributed by atoms with Crippen LogP contribution in [-0.4, -0.2) is 41.6 Å². The molecule has 0 unspecified atom stereocenters. The minimum Gasteiger partial charge on any atom is -0.296 e. The predicted molar refractivity (Wildman–Crippen MR) is 82.9 cm³/mol. The normalized spacial score (nSPS) is 17.1. The van der Waals surface area contributed by atoms with Crippen molar-refractivity contribution in [1.29, 1.82) is 0 Å². The lowest BCUT2D eigenvalue weighted by Crippen LogP contribution is -2.42. The van der Waals surface area contributed by atoms with Crippen LogP contribution >= 0.6 is 11.9 Å². The second-order valence-corrected chi connectivity index (χ2v) is 5.20. The summed E-state index contributed by atoms with van der Waals surface area (Å²) in [6.45, 7) is 12.1. The van der Waals surface area contributed by atoms with Crippen molar-refractivity contribution in [3.05, 3.63) is 35.4 Å². The number of benzene rings is 1. The summed E-state index contributed by atoms with van der Waals surface area (Å²) >= 11 is 1.86. The molecule has 3 heteroatoms. The molecule has 1 aliphatic heterocycles. The summed E-state index contributed by atoms with van der Waals surface area (Å²) in [7, 11) is 0. The van der Waals surface area contributed by atoms with Crippen molar-refractivity contribution in [2.45, 2.75) is 27.3 Å². The van der Waals surface area contributed by atoms with E-state index in [1.807, 2.05) is 25.8 Å². The van der Waals surface area contributed by atoms with Gasteiger partial charge in [-0.1, -0.05) is 50.1 Å². The van der Waals surface area contributed by atoms with Crippen LogP contribution in [0.5, 0.6) is 0 Å². The van der Waals surface area contributed by atoms with Crippen LogP contribution in [-0.2, 0) is 6.54 Å². The number of aryl methyl sites for hydroxylation is 1. The van der Waals surface area contributed by atoms with Crippen molar-refractivity contribution in [2.75, 3.05) is 32.4 Å². The van der Waals surface area contributed by atoms with Gasteiger partial charge in [-0.25, -0.2) is 4.31 Å². The third-order valence-corrected chi connectivity index (χ3v) is 4.13. The van der Waals surface area contributed by atoms with Crippen LogP contribution in [0.2, 0.25) is 0 Å². The van der Waals surface area contributed by atoms with Crippen LogP contribution < -0.4 is 0 Å². The maximum atomic E-state index is 2.55. The van der Waals surface area contributed by atoms with Gasteiger partial charge in [0.15, 0.2) is 0 Å². The van der Waals surface area contributed by atoms with Gasteiger partial charge >= 0.3 is 0 Å². The zero-order chi connectivity index (χ0) is 13.4. The molecule has 102 valence electrons. The number of nitrogens with zero attached hydrogens (tertiary/aromatic N) is 2. The Balaban J connectivity index is 0.000000771. The number of hydrogen-bond donors (Lipinski definition) is 0. The van der Waals surface area contributed by atoms with Crippen molar-refractivity contribution >= 4 is 11.9 Å². The molecule has 0 bridgehead atoms. The fourth-order valence-electron chi connectivity index (χ4n) is 2.10. The summed E-state index contributed by atoms with van der Waals surface area (Å²) in [5.41, 5.74) is 2.88. The quantitative estimate of drug-likeness (QED) is 0.774. The smallest absolute Gasteiger partial charge is 0.0237 e. The van der Waals surface area contributed by atoms with Gasteiger partial charge in [-0.05, 0) is 24.3 Å². The molecule has 0 aromatic heterocycles. The molecule has 1 saturated heterocycles. The first-order chi connectivity index (χ1) is 8.79. The predicted octanol–water partition coefficient (Wildman–Crippen LogP) is 3.42. The SMILES string of the molecule is CC.CSN1CCN(Cc2ccccc2C)CC1. The summed E-state index contributed by atoms with van der Waals surface area (Å²) < 4.78 is 2.44. The van der Waals surface area contributed by atoms with E-state index in [1.165, 1.54) is 37.3 Å². The van der Waals surface area contributed by atoms with Crippen molar-refractivity contribution < 1.29 is 0 Å². The Morgan fingerprint density at radius 3 is 2.22 bits per heavy atom. The summed E-state index contributed by atoms with van der Waals surface area (Å²) in [6.07, 6.45) is 2.16. The Kier molecular flexibility index (Phi) is 7.40. The van der Waals surface area contributed by atoms with Crippen molar-refractivity contribution in [2.24, 2.45) is 0 Å². The van der Waals surface area contributed by atoms with Crippen LogP contribution in [0.4, 0.5) is 0 Å². The highest BCUT2D eigenvalue weighted by atomic mass is 32.2. The highest BCUT2D eigenvalue weighted by Gasteiger charge is 2.16. The van der Waals surface area contributed by atoms with Gasteiger partial charge in [0.2, 0.25) is 0 Å². The largest absolute Gasteiger partial charge is 0.296 e. The van der Waals surface area contributed by atoms with E-state index in [4.69, 9.17) is 0 Å². The molecule has 1 fully saturated rings. The first-order valence-electron chi connectivity index (χ1n) is 6.85. The van der Waals surface area contributed by atoms with Crippen LogP contribution in [0.15, 0.2) is 24.3 Å². The monoisotopic (exact) mass is 266 g/mol. The molecule has 1 heterocycles. The van der Waals surface area contributed by atoms with E-state index in [0.29, 0.717) is 0 Å². The third kappa shape index (κ3) is 4.63. The Morgan fingerprint density at radius 2 is 1.67 bits per heavy atom. The fraction of sp³-hybridized carbons (Fsp3) is 0.600. The molecule has 0 atom stereocenters. The van der Waals surface area contributed by atoms with Crippen molar-refractivity contribution in [3.8, 4) is 0 Å². The molecule has 1 aliphatic rings. The van der Waals surface area contributed by atoms with Gasteiger partial charge in [-0.2, -0.15) is 0 Å². The van der Waals surface area contributed by atoms with Gasteiger partial charge in [-0.3, -0.25) is 4.90 Å². The Morgan fingerprint density at radius 1 is 1.06 bits per heavy atom. The van der Waals surface area contributed by atoms with E-state index >= 15 is 0 Å². The van der Waals surface area contributed by atoms with Crippen molar-refractivity contribution in [1.82, 2.24) is 9.21 Å². The molecule has 0 radical (unpaired) electrons. The second kappa shape index (κ2) is 8.57. The van der Waals surface area contributed by atoms with E-state index in [0.717, 1.165) is 6.54 Å². The van der Waals surface area contributed by atoms with Gasteiger partial charge in [0.25, 0.3) is 0 Å². The number of hydrogen-bond acceptors (Lipinski definition) is 3. The summed E-state index contributed by atoms with van der Waals surface area (Å²) in [4.78, 5) is 2.55. The molecule has 18 heavy (non-hydrogen) atoms. The second-order valence-electron chi connectivity index (χ2n) is 4.31. The molecule has 1 aromatic rings. The van der Waals surface area contributed by atoms with Crippen LogP contribution in [0.3, 0.4) is 0 Å². The molecule has 0 N–H and O–H groups in total. The van der Waals surface area contributed by atoms with E-state index in [-0.39, 0.29) is 0 Å². The van der Waals surface area contributed by atoms with Gasteiger partial charge in [0.1, 0.15) is 0 Å². The Hall–Kier alpha value is -0.510. The highest BCUT2D eigenvalue weighted by Crippen LogP contribution is 2.14. The van der Waals surface area contributed by atoms with Crippen LogP contribution in [0, 0.1) is 6.92 Å². The lowest BCUT2D eigenvalue weighted by molar-refractivity contribution is 0.189. The van der Waals surface area contributed by atoms with Gasteiger partial charge in [-0.15, -0.1) is 0 Å². The third-order valence-electron chi connectivity index (χ3n) is 3.24. The fourth-order valence-corrected chi connectivity index (χ4v) is 2.63. The van der Waals surface area contributed by atoms with Crippen LogP contribution in [0.1, 0.15) is 25.0 Å². The van der Waals surface area contributed by atoms with E-state index in [9.17, 15) is 0 Å². The molecular weight excluding hydrogens is 240 g/mol. The maximum Gasteiger partial charge on any atom is 0.0237 e. The van der Waals surface area contributed by atoms with Gasteiger partial charge in [0.05, 0.1) is 0 Å². The average Bonchev–Trinajstić information content (AvgIpc) is 2.44. The standard InChI is InChI=1S/C13H20N2S.C2H6/c1-12-5-3-4-6-13(12)11-14-7-9-15(16-2)10-8-14;1-2/h3-6H,7-11H2,1-2H3;1-2H3. The highest BCUT2D eigenvalue weighted by molar-refractivity contribution is 7.96. The zero-order valence-electron chi connectivity index (χ0n) is 12.1. The number of rotatable bonds is 3. The van der Waals surface area contributed by atoms with Gasteiger partial charge < -0.3 is 0 Å². The molecule has 0 aliphatic carbocycles. The molecule has 2 rings (SSSR count). The topological polar surface area (TPSA) is 6.48 Å². The molecule has 0 spiro atoms. The van der Waals surface area contributed by atoms with E-state index in [1.54, 1.807) is 0 Å². The van der Waals surface area contributed by atoms with Crippen molar-refractivity contribution in [3.63, 3.8) is 0 Å². The molecular formula is C15H26N2S. The number of piperazine rings is 1. The van der Waals surface area contributed by atoms with E-state index < -0.39 is 0 Å². The molecule has 2 nitrogen and oxygen atoms in total. The van der Waals surface area contributed by atoms with Crippen LogP contribution in [0.25, 0.3) is 0 Å². The minimum atomic E-state index is 1.11. The molecule has 1 aromatic carbocycles. The molecule has 0 saturated carbocycles. The summed E-state index contributed by atoms with van der Waals surface area (Å²) in [5, 5.41) is 0. The summed E-state index contributed by atoms with van der Waals surface area (Å²) in [6, 6.07) is 8.70. The lowest BCUT2D eigenvalue weighted by atomic mass is 10.1. The average molecular weight is 266 g/mol. The lowest BCUT2D eigenvalue weighted by Gasteiger charge is -2.33. The van der Waals surface area contributed by atoms with Gasteiger partial charge in [0, 0.05) is 32.7 Å². The first kappa shape index (κ1) is 15.5.